The molecule has 0 spiro atoms. The van der Waals surface area contributed by atoms with E-state index in [-0.39, 0.29) is 5.82 Å². The van der Waals surface area contributed by atoms with Gasteiger partial charge in [-0.1, -0.05) is 19.4 Å². The fraction of sp³-hybridized carbons (Fsp3) is 0.400. The predicted molar refractivity (Wildman–Crippen MR) is 54.2 cm³/mol. The second kappa shape index (κ2) is 4.70. The van der Waals surface area contributed by atoms with Crippen LogP contribution in [0.15, 0.2) is 18.2 Å². The van der Waals surface area contributed by atoms with Crippen molar-refractivity contribution in [1.82, 2.24) is 0 Å². The van der Waals surface area contributed by atoms with Crippen molar-refractivity contribution in [3.8, 4) is 0 Å². The Hall–Kier alpha value is -1.25. The number of hydrogen-bond acceptors (Lipinski definition) is 2. The Balaban J connectivity index is 2.64. The smallest absolute Gasteiger partial charge is 0.148 e. The van der Waals surface area contributed by atoms with E-state index in [1.165, 1.54) is 6.07 Å². The molecule has 0 heterocycles. The molecule has 0 aliphatic heterocycles. The lowest BCUT2D eigenvalue weighted by molar-refractivity contribution is 0.630. The van der Waals surface area contributed by atoms with Crippen molar-refractivity contribution in [1.29, 1.82) is 0 Å². The zero-order valence-corrected chi connectivity index (χ0v) is 7.81. The van der Waals surface area contributed by atoms with Gasteiger partial charge in [0.1, 0.15) is 5.82 Å². The van der Waals surface area contributed by atoms with Gasteiger partial charge in [-0.2, -0.15) is 0 Å². The largest absolute Gasteiger partial charge is 0.397 e. The average Bonchev–Trinajstić information content (AvgIpc) is 2.10. The summed E-state index contributed by atoms with van der Waals surface area (Å²) in [6.07, 6.45) is 2.11. The van der Waals surface area contributed by atoms with Gasteiger partial charge in [-0.3, -0.25) is 0 Å². The summed E-state index contributed by atoms with van der Waals surface area (Å²) < 4.78 is 13.1. The van der Waals surface area contributed by atoms with Crippen LogP contribution in [0.4, 0.5) is 15.8 Å². The molecular weight excluding hydrogens is 167 g/mol. The first-order chi connectivity index (χ1) is 6.25. The van der Waals surface area contributed by atoms with E-state index in [1.54, 1.807) is 12.1 Å². The lowest BCUT2D eigenvalue weighted by Gasteiger charge is -2.08. The van der Waals surface area contributed by atoms with E-state index in [1.807, 2.05) is 0 Å². The molecule has 72 valence electrons. The number of halogens is 1. The summed E-state index contributed by atoms with van der Waals surface area (Å²) in [5, 5.41) is 2.98. The van der Waals surface area contributed by atoms with Gasteiger partial charge in [-0.25, -0.2) is 4.39 Å². The van der Waals surface area contributed by atoms with Crippen LogP contribution in [0.25, 0.3) is 0 Å². The lowest BCUT2D eigenvalue weighted by atomic mass is 10.2. The number of anilines is 2. The Morgan fingerprint density at radius 2 is 2.23 bits per heavy atom. The number of nitrogens with one attached hydrogen (secondary N) is 1. The molecule has 2 nitrogen and oxygen atoms in total. The van der Waals surface area contributed by atoms with Crippen LogP contribution in [-0.4, -0.2) is 6.54 Å². The van der Waals surface area contributed by atoms with Crippen LogP contribution in [0, 0.1) is 5.82 Å². The highest BCUT2D eigenvalue weighted by Gasteiger charge is 2.03. The zero-order valence-electron chi connectivity index (χ0n) is 7.81. The molecule has 0 fully saturated rings. The maximum atomic E-state index is 13.1. The number of hydrogen-bond donors (Lipinski definition) is 2. The molecular formula is C10H15FN2. The lowest BCUT2D eigenvalue weighted by Crippen LogP contribution is -2.05. The highest BCUT2D eigenvalue weighted by Crippen LogP contribution is 2.21. The molecule has 0 atom stereocenters. The molecule has 1 aromatic carbocycles. The van der Waals surface area contributed by atoms with Crippen molar-refractivity contribution >= 4 is 11.4 Å². The van der Waals surface area contributed by atoms with Crippen molar-refractivity contribution in [3.63, 3.8) is 0 Å². The van der Waals surface area contributed by atoms with Gasteiger partial charge < -0.3 is 11.1 Å². The van der Waals surface area contributed by atoms with Crippen LogP contribution in [0.2, 0.25) is 0 Å². The van der Waals surface area contributed by atoms with Crippen molar-refractivity contribution in [2.45, 2.75) is 19.8 Å². The maximum Gasteiger partial charge on any atom is 0.148 e. The zero-order chi connectivity index (χ0) is 9.68. The summed E-state index contributed by atoms with van der Waals surface area (Å²) in [6, 6.07) is 4.71. The molecule has 0 bridgehead atoms. The third-order valence-electron chi connectivity index (χ3n) is 1.88. The molecule has 0 amide bonds. The van der Waals surface area contributed by atoms with E-state index in [9.17, 15) is 4.39 Å². The van der Waals surface area contributed by atoms with Gasteiger partial charge in [0.2, 0.25) is 0 Å². The first-order valence-electron chi connectivity index (χ1n) is 4.53. The summed E-state index contributed by atoms with van der Waals surface area (Å²) in [5.41, 5.74) is 6.50. The summed E-state index contributed by atoms with van der Waals surface area (Å²) in [7, 11) is 0. The van der Waals surface area contributed by atoms with Gasteiger partial charge in [0.15, 0.2) is 0 Å². The Morgan fingerprint density at radius 1 is 1.46 bits per heavy atom. The number of nitrogen functional groups attached to an aromatic ring is 1. The number of rotatable bonds is 4. The minimum atomic E-state index is -0.281. The summed E-state index contributed by atoms with van der Waals surface area (Å²) >= 11 is 0. The SMILES string of the molecule is CCCCNc1c(N)cccc1F. The number of nitrogens with two attached hydrogens (primary N) is 1. The van der Waals surface area contributed by atoms with E-state index in [2.05, 4.69) is 12.2 Å². The molecule has 0 aromatic heterocycles. The summed E-state index contributed by atoms with van der Waals surface area (Å²) in [6.45, 7) is 2.86. The monoisotopic (exact) mass is 182 g/mol. The molecule has 0 radical (unpaired) electrons. The molecule has 0 unspecified atom stereocenters. The highest BCUT2D eigenvalue weighted by molar-refractivity contribution is 5.66. The summed E-state index contributed by atoms with van der Waals surface area (Å²) in [5.74, 6) is -0.281. The van der Waals surface area contributed by atoms with E-state index in [4.69, 9.17) is 5.73 Å². The Kier molecular flexibility index (Phi) is 3.55. The molecule has 3 heteroatoms. The minimum Gasteiger partial charge on any atom is -0.397 e. The van der Waals surface area contributed by atoms with Crippen LogP contribution in [0.5, 0.6) is 0 Å². The van der Waals surface area contributed by atoms with E-state index >= 15 is 0 Å². The Morgan fingerprint density at radius 3 is 2.85 bits per heavy atom. The predicted octanol–water partition coefficient (Wildman–Crippen LogP) is 2.62. The molecule has 1 rings (SSSR count). The third-order valence-corrected chi connectivity index (χ3v) is 1.88. The quantitative estimate of drug-likeness (QED) is 0.555. The van der Waals surface area contributed by atoms with Crippen LogP contribution in [0.3, 0.4) is 0 Å². The Bertz CT molecular complexity index is 253. The van der Waals surface area contributed by atoms with Crippen LogP contribution < -0.4 is 11.1 Å². The fourth-order valence-corrected chi connectivity index (χ4v) is 1.12. The molecule has 0 saturated heterocycles. The molecule has 13 heavy (non-hydrogen) atoms. The molecule has 0 aliphatic rings. The van der Waals surface area contributed by atoms with E-state index in [0.29, 0.717) is 11.4 Å². The van der Waals surface area contributed by atoms with Crippen molar-refractivity contribution < 1.29 is 4.39 Å². The van der Waals surface area contributed by atoms with Gasteiger partial charge in [0.25, 0.3) is 0 Å². The van der Waals surface area contributed by atoms with Crippen molar-refractivity contribution in [2.75, 3.05) is 17.6 Å². The van der Waals surface area contributed by atoms with Gasteiger partial charge in [-0.15, -0.1) is 0 Å². The first-order valence-corrected chi connectivity index (χ1v) is 4.53. The van der Waals surface area contributed by atoms with Crippen LogP contribution >= 0.6 is 0 Å². The van der Waals surface area contributed by atoms with Crippen molar-refractivity contribution in [2.24, 2.45) is 0 Å². The number of para-hydroxylation sites is 1. The number of benzene rings is 1. The molecule has 3 N–H and O–H groups in total. The van der Waals surface area contributed by atoms with Gasteiger partial charge >= 0.3 is 0 Å². The van der Waals surface area contributed by atoms with Gasteiger partial charge in [0.05, 0.1) is 11.4 Å². The first kappa shape index (κ1) is 9.84. The fourth-order valence-electron chi connectivity index (χ4n) is 1.12. The minimum absolute atomic E-state index is 0.281. The highest BCUT2D eigenvalue weighted by atomic mass is 19.1. The topological polar surface area (TPSA) is 38.0 Å². The normalized spacial score (nSPS) is 10.0. The van der Waals surface area contributed by atoms with Crippen LogP contribution in [-0.2, 0) is 0 Å². The second-order valence-corrected chi connectivity index (χ2v) is 2.98. The standard InChI is InChI=1S/C10H15FN2/c1-2-3-7-13-10-8(11)5-4-6-9(10)12/h4-6,13H,2-3,7,12H2,1H3. The average molecular weight is 182 g/mol. The van der Waals surface area contributed by atoms with Crippen LogP contribution in [0.1, 0.15) is 19.8 Å². The third kappa shape index (κ3) is 2.61. The van der Waals surface area contributed by atoms with Crippen molar-refractivity contribution in [3.05, 3.63) is 24.0 Å². The maximum absolute atomic E-state index is 13.1. The molecule has 0 saturated carbocycles. The van der Waals surface area contributed by atoms with Gasteiger partial charge in [0, 0.05) is 6.54 Å². The van der Waals surface area contributed by atoms with E-state index < -0.39 is 0 Å². The summed E-state index contributed by atoms with van der Waals surface area (Å²) in [4.78, 5) is 0. The number of unbranched alkanes of at least 4 members (excludes halogenated alkanes) is 1. The van der Waals surface area contributed by atoms with E-state index in [0.717, 1.165) is 19.4 Å². The molecule has 0 aliphatic carbocycles. The Labute approximate surface area is 77.9 Å². The second-order valence-electron chi connectivity index (χ2n) is 2.98. The molecule has 1 aromatic rings. The van der Waals surface area contributed by atoms with Gasteiger partial charge in [-0.05, 0) is 18.6 Å².